The van der Waals surface area contributed by atoms with E-state index in [1.165, 1.54) is 13.0 Å². The summed E-state index contributed by atoms with van der Waals surface area (Å²) in [4.78, 5) is 9.70. The molecule has 0 spiro atoms. The highest BCUT2D eigenvalue weighted by atomic mass is 32.2. The lowest BCUT2D eigenvalue weighted by Gasteiger charge is -2.14. The van der Waals surface area contributed by atoms with Crippen LogP contribution in [0.3, 0.4) is 0 Å². The number of rotatable bonds is 7. The Hall–Kier alpha value is -1.71. The highest BCUT2D eigenvalue weighted by Crippen LogP contribution is 2.31. The van der Waals surface area contributed by atoms with E-state index in [0.29, 0.717) is 5.56 Å². The van der Waals surface area contributed by atoms with Crippen LogP contribution in [0, 0.1) is 17.0 Å². The van der Waals surface area contributed by atoms with Crippen LogP contribution in [0.1, 0.15) is 19.4 Å². The van der Waals surface area contributed by atoms with Gasteiger partial charge in [-0.15, -0.1) is 0 Å². The quantitative estimate of drug-likeness (QED) is 0.460. The fourth-order valence-electron chi connectivity index (χ4n) is 1.65. The molecule has 0 aromatic heterocycles. The molecular weight excluding hydrogens is 300 g/mol. The molecule has 21 heavy (non-hydrogen) atoms. The third-order valence-corrected chi connectivity index (χ3v) is 3.44. The summed E-state index contributed by atoms with van der Waals surface area (Å²) in [7, 11) is -4.14. The molecule has 0 aliphatic rings. The Morgan fingerprint density at radius 3 is 2.43 bits per heavy atom. The van der Waals surface area contributed by atoms with Crippen LogP contribution in [0.2, 0.25) is 0 Å². The number of nitrogens with zero attached hydrogens (tertiary/aromatic N) is 1. The van der Waals surface area contributed by atoms with Crippen molar-refractivity contribution in [2.24, 2.45) is 5.14 Å². The summed E-state index contributed by atoms with van der Waals surface area (Å²) in [5, 5.41) is 15.9. The number of hydrogen-bond acceptors (Lipinski definition) is 6. The van der Waals surface area contributed by atoms with Crippen LogP contribution in [0.5, 0.6) is 5.75 Å². The fourth-order valence-corrected chi connectivity index (χ4v) is 2.42. The summed E-state index contributed by atoms with van der Waals surface area (Å²) in [6.07, 6.45) is 0.0178. The molecular formula is C12H18N2O6S. The van der Waals surface area contributed by atoms with E-state index in [0.717, 1.165) is 6.07 Å². The molecule has 0 radical (unpaired) electrons. The predicted molar refractivity (Wildman–Crippen MR) is 75.8 cm³/mol. The van der Waals surface area contributed by atoms with Gasteiger partial charge in [-0.25, -0.2) is 13.6 Å². The Morgan fingerprint density at radius 2 is 1.95 bits per heavy atom. The average Bonchev–Trinajstić information content (AvgIpc) is 2.33. The summed E-state index contributed by atoms with van der Waals surface area (Å²) in [5.74, 6) is 0.00968. The SMILES string of the molecule is Cc1cc([N+](=O)[O-])cc(S(N)(=O)=O)c1OCCOC(C)C. The van der Waals surface area contributed by atoms with Gasteiger partial charge in [-0.05, 0) is 26.3 Å². The van der Waals surface area contributed by atoms with E-state index in [2.05, 4.69) is 0 Å². The molecule has 0 aliphatic heterocycles. The van der Waals surface area contributed by atoms with Gasteiger partial charge >= 0.3 is 0 Å². The number of non-ortho nitro benzene ring substituents is 1. The summed E-state index contributed by atoms with van der Waals surface area (Å²) in [5.41, 5.74) is -0.0416. The van der Waals surface area contributed by atoms with Crippen molar-refractivity contribution >= 4 is 15.7 Å². The smallest absolute Gasteiger partial charge is 0.271 e. The van der Waals surface area contributed by atoms with Gasteiger partial charge in [-0.3, -0.25) is 10.1 Å². The summed E-state index contributed by atoms with van der Waals surface area (Å²) < 4.78 is 33.8. The van der Waals surface area contributed by atoms with Crippen molar-refractivity contribution < 1.29 is 22.8 Å². The minimum absolute atomic E-state index is 0.00968. The van der Waals surface area contributed by atoms with Gasteiger partial charge in [0.25, 0.3) is 5.69 Å². The molecule has 0 unspecified atom stereocenters. The molecule has 1 aromatic carbocycles. The van der Waals surface area contributed by atoms with E-state index in [-0.39, 0.29) is 30.8 Å². The molecule has 118 valence electrons. The van der Waals surface area contributed by atoms with Gasteiger partial charge in [0.15, 0.2) is 0 Å². The standard InChI is InChI=1S/C12H18N2O6S/c1-8(2)19-4-5-20-12-9(3)6-10(14(15)16)7-11(12)21(13,17)18/h6-8H,4-5H2,1-3H3,(H2,13,17,18). The molecule has 2 N–H and O–H groups in total. The lowest BCUT2D eigenvalue weighted by molar-refractivity contribution is -0.385. The molecule has 9 heteroatoms. The number of nitro benzene ring substituents is 1. The van der Waals surface area contributed by atoms with Crippen LogP contribution < -0.4 is 9.88 Å². The van der Waals surface area contributed by atoms with Crippen LogP contribution >= 0.6 is 0 Å². The van der Waals surface area contributed by atoms with Crippen molar-refractivity contribution in [2.75, 3.05) is 13.2 Å². The van der Waals surface area contributed by atoms with Gasteiger partial charge in [-0.1, -0.05) is 0 Å². The zero-order valence-corrected chi connectivity index (χ0v) is 12.8. The topological polar surface area (TPSA) is 122 Å². The van der Waals surface area contributed by atoms with Crippen LogP contribution in [-0.2, 0) is 14.8 Å². The van der Waals surface area contributed by atoms with E-state index in [1.54, 1.807) is 0 Å². The first-order valence-corrected chi connectivity index (χ1v) is 7.73. The first kappa shape index (κ1) is 17.3. The van der Waals surface area contributed by atoms with E-state index >= 15 is 0 Å². The van der Waals surface area contributed by atoms with E-state index in [1.807, 2.05) is 13.8 Å². The lowest BCUT2D eigenvalue weighted by atomic mass is 10.2. The number of ether oxygens (including phenoxy) is 2. The molecule has 0 heterocycles. The highest BCUT2D eigenvalue weighted by Gasteiger charge is 2.22. The van der Waals surface area contributed by atoms with Gasteiger partial charge in [0.05, 0.1) is 17.6 Å². The second-order valence-electron chi connectivity index (χ2n) is 4.66. The molecule has 8 nitrogen and oxygen atoms in total. The molecule has 0 saturated heterocycles. The zero-order chi connectivity index (χ0) is 16.2. The summed E-state index contributed by atoms with van der Waals surface area (Å²) in [6, 6.07) is 2.12. The first-order chi connectivity index (χ1) is 9.62. The maximum atomic E-state index is 11.6. The molecule has 1 aromatic rings. The van der Waals surface area contributed by atoms with Crippen LogP contribution in [0.25, 0.3) is 0 Å². The van der Waals surface area contributed by atoms with Crippen molar-refractivity contribution in [1.82, 2.24) is 0 Å². The summed E-state index contributed by atoms with van der Waals surface area (Å²) in [6.45, 7) is 5.59. The van der Waals surface area contributed by atoms with E-state index in [9.17, 15) is 18.5 Å². The average molecular weight is 318 g/mol. The van der Waals surface area contributed by atoms with Gasteiger partial charge in [0, 0.05) is 12.1 Å². The molecule has 0 atom stereocenters. The van der Waals surface area contributed by atoms with Crippen molar-refractivity contribution in [2.45, 2.75) is 31.8 Å². The maximum absolute atomic E-state index is 11.6. The Morgan fingerprint density at radius 1 is 1.33 bits per heavy atom. The number of aryl methyl sites for hydroxylation is 1. The predicted octanol–water partition coefficient (Wildman–Crippen LogP) is 1.35. The Kier molecular flexibility index (Phi) is 5.64. The Bertz CT molecular complexity index is 627. The van der Waals surface area contributed by atoms with Gasteiger partial charge in [0.2, 0.25) is 10.0 Å². The number of sulfonamides is 1. The van der Waals surface area contributed by atoms with Crippen molar-refractivity contribution in [1.29, 1.82) is 0 Å². The lowest BCUT2D eigenvalue weighted by Crippen LogP contribution is -2.17. The zero-order valence-electron chi connectivity index (χ0n) is 12.0. The number of nitro groups is 1. The molecule has 0 aliphatic carbocycles. The second-order valence-corrected chi connectivity index (χ2v) is 6.19. The Labute approximate surface area is 123 Å². The number of hydrogen-bond donors (Lipinski definition) is 1. The van der Waals surface area contributed by atoms with Crippen molar-refractivity contribution in [3.8, 4) is 5.75 Å². The largest absolute Gasteiger partial charge is 0.489 e. The number of nitrogens with two attached hydrogens (primary N) is 1. The van der Waals surface area contributed by atoms with E-state index < -0.39 is 19.8 Å². The number of primary sulfonamides is 1. The normalized spacial score (nSPS) is 11.7. The second kappa shape index (κ2) is 6.83. The van der Waals surface area contributed by atoms with Gasteiger partial charge in [-0.2, -0.15) is 0 Å². The highest BCUT2D eigenvalue weighted by molar-refractivity contribution is 7.89. The molecule has 0 bridgehead atoms. The molecule has 0 amide bonds. The minimum atomic E-state index is -4.14. The van der Waals surface area contributed by atoms with E-state index in [4.69, 9.17) is 14.6 Å². The maximum Gasteiger partial charge on any atom is 0.271 e. The first-order valence-electron chi connectivity index (χ1n) is 6.19. The fraction of sp³-hybridized carbons (Fsp3) is 0.500. The monoisotopic (exact) mass is 318 g/mol. The van der Waals surface area contributed by atoms with Crippen LogP contribution in [0.4, 0.5) is 5.69 Å². The van der Waals surface area contributed by atoms with Gasteiger partial charge in [0.1, 0.15) is 17.3 Å². The summed E-state index contributed by atoms with van der Waals surface area (Å²) >= 11 is 0. The van der Waals surface area contributed by atoms with Crippen LogP contribution in [0.15, 0.2) is 17.0 Å². The third kappa shape index (κ3) is 4.96. The Balaban J connectivity index is 3.10. The van der Waals surface area contributed by atoms with Crippen LogP contribution in [-0.4, -0.2) is 32.7 Å². The number of benzene rings is 1. The van der Waals surface area contributed by atoms with Crippen molar-refractivity contribution in [3.05, 3.63) is 27.8 Å². The molecule has 0 fully saturated rings. The molecule has 1 rings (SSSR count). The van der Waals surface area contributed by atoms with Crippen molar-refractivity contribution in [3.63, 3.8) is 0 Å². The third-order valence-electron chi connectivity index (χ3n) is 2.52. The minimum Gasteiger partial charge on any atom is -0.489 e. The molecule has 0 saturated carbocycles. The van der Waals surface area contributed by atoms with Gasteiger partial charge < -0.3 is 9.47 Å².